The number of ether oxygens (including phenoxy) is 1. The minimum Gasteiger partial charge on any atom is -0.465 e. The van der Waals surface area contributed by atoms with Gasteiger partial charge in [0.1, 0.15) is 0 Å². The van der Waals surface area contributed by atoms with Crippen LogP contribution in [0.4, 0.5) is 0 Å². The SMILES string of the molecule is CCOC(=O)CNC(C)c1ccc(I)cc1. The van der Waals surface area contributed by atoms with Crippen LogP contribution in [-0.4, -0.2) is 19.1 Å². The summed E-state index contributed by atoms with van der Waals surface area (Å²) < 4.78 is 6.05. The molecule has 0 radical (unpaired) electrons. The van der Waals surface area contributed by atoms with Crippen molar-refractivity contribution in [1.82, 2.24) is 5.32 Å². The molecule has 3 nitrogen and oxygen atoms in total. The van der Waals surface area contributed by atoms with Gasteiger partial charge in [-0.3, -0.25) is 4.79 Å². The van der Waals surface area contributed by atoms with E-state index in [0.717, 1.165) is 0 Å². The molecule has 0 heterocycles. The number of halogens is 1. The van der Waals surface area contributed by atoms with Crippen molar-refractivity contribution in [3.8, 4) is 0 Å². The van der Waals surface area contributed by atoms with Gasteiger partial charge in [0.2, 0.25) is 0 Å². The zero-order valence-electron chi connectivity index (χ0n) is 9.50. The molecule has 4 heteroatoms. The Hall–Kier alpha value is -0.620. The molecule has 1 atom stereocenters. The van der Waals surface area contributed by atoms with Crippen LogP contribution in [0.1, 0.15) is 25.5 Å². The van der Waals surface area contributed by atoms with Crippen LogP contribution in [0.5, 0.6) is 0 Å². The molecule has 0 aliphatic heterocycles. The monoisotopic (exact) mass is 333 g/mol. The molecule has 0 saturated carbocycles. The van der Waals surface area contributed by atoms with Crippen LogP contribution in [0.3, 0.4) is 0 Å². The van der Waals surface area contributed by atoms with E-state index in [4.69, 9.17) is 4.74 Å². The fraction of sp³-hybridized carbons (Fsp3) is 0.417. The first-order valence-electron chi connectivity index (χ1n) is 5.28. The van der Waals surface area contributed by atoms with Gasteiger partial charge in [-0.1, -0.05) is 12.1 Å². The van der Waals surface area contributed by atoms with Crippen LogP contribution < -0.4 is 5.32 Å². The molecule has 0 spiro atoms. The topological polar surface area (TPSA) is 38.3 Å². The van der Waals surface area contributed by atoms with Gasteiger partial charge in [-0.05, 0) is 54.1 Å². The predicted molar refractivity (Wildman–Crippen MR) is 72.2 cm³/mol. The molecule has 0 bridgehead atoms. The van der Waals surface area contributed by atoms with E-state index in [1.807, 2.05) is 6.92 Å². The van der Waals surface area contributed by atoms with Gasteiger partial charge in [-0.2, -0.15) is 0 Å². The van der Waals surface area contributed by atoms with Gasteiger partial charge in [-0.15, -0.1) is 0 Å². The first kappa shape index (κ1) is 13.4. The Morgan fingerprint density at radius 1 is 1.44 bits per heavy atom. The Kier molecular flexibility index (Phi) is 5.76. The first-order chi connectivity index (χ1) is 7.63. The quantitative estimate of drug-likeness (QED) is 0.665. The van der Waals surface area contributed by atoms with Gasteiger partial charge in [0.15, 0.2) is 0 Å². The van der Waals surface area contributed by atoms with Crippen molar-refractivity contribution in [1.29, 1.82) is 0 Å². The predicted octanol–water partition coefficient (Wildman–Crippen LogP) is 2.50. The van der Waals surface area contributed by atoms with Crippen molar-refractivity contribution in [3.05, 3.63) is 33.4 Å². The third-order valence-electron chi connectivity index (χ3n) is 2.23. The second kappa shape index (κ2) is 6.85. The fourth-order valence-electron chi connectivity index (χ4n) is 1.32. The lowest BCUT2D eigenvalue weighted by Gasteiger charge is -2.13. The van der Waals surface area contributed by atoms with E-state index >= 15 is 0 Å². The van der Waals surface area contributed by atoms with Crippen molar-refractivity contribution in [2.75, 3.05) is 13.2 Å². The van der Waals surface area contributed by atoms with Gasteiger partial charge in [0.25, 0.3) is 0 Å². The van der Waals surface area contributed by atoms with Gasteiger partial charge >= 0.3 is 5.97 Å². The van der Waals surface area contributed by atoms with Crippen molar-refractivity contribution < 1.29 is 9.53 Å². The largest absolute Gasteiger partial charge is 0.465 e. The van der Waals surface area contributed by atoms with Crippen molar-refractivity contribution in [2.45, 2.75) is 19.9 Å². The number of carbonyl (C=O) groups is 1. The lowest BCUT2D eigenvalue weighted by atomic mass is 10.1. The van der Waals surface area contributed by atoms with E-state index in [1.54, 1.807) is 6.92 Å². The summed E-state index contributed by atoms with van der Waals surface area (Å²) in [5.74, 6) is -0.208. The lowest BCUT2D eigenvalue weighted by molar-refractivity contribution is -0.142. The summed E-state index contributed by atoms with van der Waals surface area (Å²) in [4.78, 5) is 11.1. The molecule has 1 rings (SSSR count). The summed E-state index contributed by atoms with van der Waals surface area (Å²) >= 11 is 2.27. The van der Waals surface area contributed by atoms with E-state index in [2.05, 4.69) is 52.2 Å². The number of hydrogen-bond donors (Lipinski definition) is 1. The summed E-state index contributed by atoms with van der Waals surface area (Å²) in [5.41, 5.74) is 1.17. The maximum atomic E-state index is 11.1. The minimum absolute atomic E-state index is 0.154. The summed E-state index contributed by atoms with van der Waals surface area (Å²) in [6.45, 7) is 4.52. The first-order valence-corrected chi connectivity index (χ1v) is 6.35. The van der Waals surface area contributed by atoms with Crippen LogP contribution >= 0.6 is 22.6 Å². The molecule has 1 aromatic rings. The average molecular weight is 333 g/mol. The number of benzene rings is 1. The molecule has 1 N–H and O–H groups in total. The molecule has 0 saturated heterocycles. The highest BCUT2D eigenvalue weighted by molar-refractivity contribution is 14.1. The Balaban J connectivity index is 2.43. The second-order valence-electron chi connectivity index (χ2n) is 3.46. The highest BCUT2D eigenvalue weighted by atomic mass is 127. The number of hydrogen-bond acceptors (Lipinski definition) is 3. The summed E-state index contributed by atoms with van der Waals surface area (Å²) in [6, 6.07) is 8.38. The lowest BCUT2D eigenvalue weighted by Crippen LogP contribution is -2.27. The third-order valence-corrected chi connectivity index (χ3v) is 2.95. The number of rotatable bonds is 5. The minimum atomic E-state index is -0.208. The van der Waals surface area contributed by atoms with Crippen molar-refractivity contribution in [3.63, 3.8) is 0 Å². The Labute approximate surface area is 110 Å². The molecule has 0 aliphatic rings. The van der Waals surface area contributed by atoms with Crippen LogP contribution in [0.2, 0.25) is 0 Å². The highest BCUT2D eigenvalue weighted by Crippen LogP contribution is 2.13. The molecule has 16 heavy (non-hydrogen) atoms. The zero-order valence-corrected chi connectivity index (χ0v) is 11.7. The Morgan fingerprint density at radius 2 is 2.06 bits per heavy atom. The van der Waals surface area contributed by atoms with E-state index < -0.39 is 0 Å². The van der Waals surface area contributed by atoms with E-state index in [9.17, 15) is 4.79 Å². The van der Waals surface area contributed by atoms with Crippen LogP contribution in [0, 0.1) is 3.57 Å². The van der Waals surface area contributed by atoms with Crippen LogP contribution in [-0.2, 0) is 9.53 Å². The third kappa shape index (κ3) is 4.49. The van der Waals surface area contributed by atoms with E-state index in [0.29, 0.717) is 6.61 Å². The van der Waals surface area contributed by atoms with Gasteiger partial charge < -0.3 is 10.1 Å². The van der Waals surface area contributed by atoms with Gasteiger partial charge in [-0.25, -0.2) is 0 Å². The van der Waals surface area contributed by atoms with Crippen molar-refractivity contribution in [2.24, 2.45) is 0 Å². The molecule has 1 unspecified atom stereocenters. The Morgan fingerprint density at radius 3 is 2.62 bits per heavy atom. The number of carbonyl (C=O) groups excluding carboxylic acids is 1. The smallest absolute Gasteiger partial charge is 0.319 e. The highest BCUT2D eigenvalue weighted by Gasteiger charge is 2.07. The van der Waals surface area contributed by atoms with Gasteiger partial charge in [0, 0.05) is 9.61 Å². The van der Waals surface area contributed by atoms with E-state index in [1.165, 1.54) is 9.13 Å². The van der Waals surface area contributed by atoms with Crippen molar-refractivity contribution >= 4 is 28.6 Å². The molecule has 88 valence electrons. The second-order valence-corrected chi connectivity index (χ2v) is 4.70. The standard InChI is InChI=1S/C12H16INO2/c1-3-16-12(15)8-14-9(2)10-4-6-11(13)7-5-10/h4-7,9,14H,3,8H2,1-2H3. The van der Waals surface area contributed by atoms with E-state index in [-0.39, 0.29) is 18.6 Å². The summed E-state index contributed by atoms with van der Waals surface area (Å²) in [5, 5.41) is 3.13. The molecule has 0 aliphatic carbocycles. The van der Waals surface area contributed by atoms with Crippen LogP contribution in [0.25, 0.3) is 0 Å². The molecular formula is C12H16INO2. The van der Waals surface area contributed by atoms with Gasteiger partial charge in [0.05, 0.1) is 13.2 Å². The molecule has 0 aromatic heterocycles. The molecular weight excluding hydrogens is 317 g/mol. The number of nitrogens with one attached hydrogen (secondary N) is 1. The Bertz CT molecular complexity index is 337. The fourth-order valence-corrected chi connectivity index (χ4v) is 1.68. The molecule has 0 fully saturated rings. The summed E-state index contributed by atoms with van der Waals surface area (Å²) in [7, 11) is 0. The maximum Gasteiger partial charge on any atom is 0.319 e. The maximum absolute atomic E-state index is 11.1. The summed E-state index contributed by atoms with van der Waals surface area (Å²) in [6.07, 6.45) is 0. The number of esters is 1. The zero-order chi connectivity index (χ0) is 12.0. The molecule has 1 aromatic carbocycles. The van der Waals surface area contributed by atoms with Crippen LogP contribution in [0.15, 0.2) is 24.3 Å². The molecule has 0 amide bonds. The normalized spacial score (nSPS) is 12.2. The average Bonchev–Trinajstić information content (AvgIpc) is 2.27.